The van der Waals surface area contributed by atoms with E-state index in [-0.39, 0.29) is 25.6 Å². The van der Waals surface area contributed by atoms with Gasteiger partial charge in [-0.2, -0.15) is 0 Å². The van der Waals surface area contributed by atoms with E-state index in [1.54, 1.807) is 0 Å². The summed E-state index contributed by atoms with van der Waals surface area (Å²) < 4.78 is 34.4. The summed E-state index contributed by atoms with van der Waals surface area (Å²) in [5.41, 5.74) is 0. The second-order valence-electron chi connectivity index (χ2n) is 20.3. The predicted molar refractivity (Wildman–Crippen MR) is 271 cm³/mol. The van der Waals surface area contributed by atoms with E-state index in [0.29, 0.717) is 17.4 Å². The second-order valence-corrected chi connectivity index (χ2v) is 21.8. The molecule has 9 nitrogen and oxygen atoms in total. The first-order chi connectivity index (χ1) is 31.0. The van der Waals surface area contributed by atoms with Crippen LogP contribution in [-0.2, 0) is 32.7 Å². The molecule has 64 heavy (non-hydrogen) atoms. The fourth-order valence-electron chi connectivity index (χ4n) is 8.31. The molecule has 0 aromatic heterocycles. The van der Waals surface area contributed by atoms with Gasteiger partial charge in [-0.15, -0.1) is 0 Å². The zero-order valence-electron chi connectivity index (χ0n) is 43.3. The molecule has 0 aliphatic carbocycles. The molecule has 0 spiro atoms. The number of unbranched alkanes of at least 4 members (excludes halogenated alkanes) is 38. The highest BCUT2D eigenvalue weighted by molar-refractivity contribution is 7.47. The van der Waals surface area contributed by atoms with Crippen molar-refractivity contribution < 1.29 is 42.1 Å². The Labute approximate surface area is 397 Å². The van der Waals surface area contributed by atoms with Gasteiger partial charge in [-0.3, -0.25) is 18.6 Å². The number of phosphoric ester groups is 1. The van der Waals surface area contributed by atoms with E-state index in [9.17, 15) is 19.0 Å². The monoisotopic (exact) mass is 931 g/mol. The molecule has 0 radical (unpaired) electrons. The van der Waals surface area contributed by atoms with Crippen LogP contribution in [0.1, 0.15) is 284 Å². The van der Waals surface area contributed by atoms with Crippen molar-refractivity contribution in [3.63, 3.8) is 0 Å². The molecule has 2 unspecified atom stereocenters. The van der Waals surface area contributed by atoms with Gasteiger partial charge >= 0.3 is 19.8 Å². The third-order valence-corrected chi connectivity index (χ3v) is 13.6. The number of nitrogens with zero attached hydrogens (tertiary/aromatic N) is 1. The Kier molecular flexibility index (Phi) is 46.4. The number of quaternary nitrogens is 1. The van der Waals surface area contributed by atoms with Gasteiger partial charge in [0.05, 0.1) is 27.7 Å². The van der Waals surface area contributed by atoms with Crippen LogP contribution in [0.5, 0.6) is 0 Å². The highest BCUT2D eigenvalue weighted by Crippen LogP contribution is 2.43. The average molecular weight is 931 g/mol. The SMILES string of the molecule is CCCCCCCCCCCCCCCCCCCCCCCCCCCCCCCC(=O)OC(COC(=O)CCCCCCCCCCCCC)COP(=O)(O)OCC[N+](C)(C)C. The molecule has 2 atom stereocenters. The Hall–Kier alpha value is -0.990. The highest BCUT2D eigenvalue weighted by atomic mass is 31.2. The first-order valence-electron chi connectivity index (χ1n) is 27.8. The fourth-order valence-corrected chi connectivity index (χ4v) is 9.05. The van der Waals surface area contributed by atoms with Gasteiger partial charge < -0.3 is 18.9 Å². The zero-order valence-corrected chi connectivity index (χ0v) is 44.2. The Morgan fingerprint density at radius 1 is 0.422 bits per heavy atom. The fraction of sp³-hybridized carbons (Fsp3) is 0.963. The lowest BCUT2D eigenvalue weighted by Crippen LogP contribution is -2.37. The second kappa shape index (κ2) is 47.1. The van der Waals surface area contributed by atoms with Crippen LogP contribution in [0.2, 0.25) is 0 Å². The molecule has 0 amide bonds. The van der Waals surface area contributed by atoms with Crippen LogP contribution >= 0.6 is 7.82 Å². The molecule has 1 N–H and O–H groups in total. The van der Waals surface area contributed by atoms with E-state index in [2.05, 4.69) is 13.8 Å². The van der Waals surface area contributed by atoms with E-state index in [1.165, 1.54) is 218 Å². The molecule has 382 valence electrons. The summed E-state index contributed by atoms with van der Waals surface area (Å²) >= 11 is 0. The van der Waals surface area contributed by atoms with Crippen molar-refractivity contribution in [3.8, 4) is 0 Å². The van der Waals surface area contributed by atoms with Crippen molar-refractivity contribution in [2.45, 2.75) is 290 Å². The van der Waals surface area contributed by atoms with Crippen molar-refractivity contribution >= 4 is 19.8 Å². The third kappa shape index (κ3) is 50.4. The zero-order chi connectivity index (χ0) is 47.1. The minimum absolute atomic E-state index is 0.0370. The minimum Gasteiger partial charge on any atom is -0.462 e. The summed E-state index contributed by atoms with van der Waals surface area (Å²) in [6.07, 6.45) is 51.9. The number of phosphoric acid groups is 1. The lowest BCUT2D eigenvalue weighted by molar-refractivity contribution is -0.870. The number of likely N-dealkylation sites (N-methyl/N-ethyl adjacent to an activating group) is 1. The van der Waals surface area contributed by atoms with Crippen molar-refractivity contribution in [2.75, 3.05) is 47.5 Å². The van der Waals surface area contributed by atoms with Crippen LogP contribution in [0.4, 0.5) is 0 Å². The van der Waals surface area contributed by atoms with Crippen LogP contribution in [0.25, 0.3) is 0 Å². The van der Waals surface area contributed by atoms with Gasteiger partial charge in [0.15, 0.2) is 6.10 Å². The summed E-state index contributed by atoms with van der Waals surface area (Å²) in [6, 6.07) is 0. The number of rotatable bonds is 52. The number of ether oxygens (including phenoxy) is 2. The molecule has 0 rings (SSSR count). The quantitative estimate of drug-likeness (QED) is 0.0278. The first kappa shape index (κ1) is 63.0. The Morgan fingerprint density at radius 2 is 0.703 bits per heavy atom. The Morgan fingerprint density at radius 3 is 1.00 bits per heavy atom. The molecular weight excluding hydrogens is 822 g/mol. The number of hydrogen-bond donors (Lipinski definition) is 1. The minimum atomic E-state index is -4.37. The van der Waals surface area contributed by atoms with E-state index >= 15 is 0 Å². The van der Waals surface area contributed by atoms with Crippen molar-refractivity contribution in [2.24, 2.45) is 0 Å². The molecule has 0 saturated heterocycles. The third-order valence-electron chi connectivity index (χ3n) is 12.6. The van der Waals surface area contributed by atoms with Gasteiger partial charge in [-0.1, -0.05) is 258 Å². The van der Waals surface area contributed by atoms with Crippen molar-refractivity contribution in [1.29, 1.82) is 0 Å². The normalized spacial score (nSPS) is 13.3. The number of esters is 2. The largest absolute Gasteiger partial charge is 0.472 e. The molecule has 0 aromatic carbocycles. The van der Waals surface area contributed by atoms with Crippen LogP contribution in [-0.4, -0.2) is 74.9 Å². The summed E-state index contributed by atoms with van der Waals surface area (Å²) in [5, 5.41) is 0. The van der Waals surface area contributed by atoms with Crippen LogP contribution < -0.4 is 0 Å². The summed E-state index contributed by atoms with van der Waals surface area (Å²) in [6.45, 7) is 4.47. The van der Waals surface area contributed by atoms with Gasteiger partial charge in [0.2, 0.25) is 0 Å². The molecule has 0 aliphatic heterocycles. The predicted octanol–water partition coefficient (Wildman–Crippen LogP) is 16.7. The Balaban J connectivity index is 3.98. The number of hydrogen-bond acceptors (Lipinski definition) is 7. The smallest absolute Gasteiger partial charge is 0.462 e. The molecule has 0 saturated carbocycles. The Bertz CT molecular complexity index is 1050. The highest BCUT2D eigenvalue weighted by Gasteiger charge is 2.27. The summed E-state index contributed by atoms with van der Waals surface area (Å²) in [5.74, 6) is -0.780. The summed E-state index contributed by atoms with van der Waals surface area (Å²) in [4.78, 5) is 35.5. The lowest BCUT2D eigenvalue weighted by atomic mass is 10.0. The van der Waals surface area contributed by atoms with Crippen molar-refractivity contribution in [1.82, 2.24) is 0 Å². The van der Waals surface area contributed by atoms with Crippen LogP contribution in [0.15, 0.2) is 0 Å². The average Bonchev–Trinajstić information content (AvgIpc) is 3.25. The molecule has 0 bridgehead atoms. The van der Waals surface area contributed by atoms with Gasteiger partial charge in [0.1, 0.15) is 19.8 Å². The van der Waals surface area contributed by atoms with E-state index in [1.807, 2.05) is 21.1 Å². The van der Waals surface area contributed by atoms with Gasteiger partial charge in [-0.25, -0.2) is 4.57 Å². The van der Waals surface area contributed by atoms with Crippen LogP contribution in [0.3, 0.4) is 0 Å². The molecule has 0 fully saturated rings. The van der Waals surface area contributed by atoms with E-state index in [0.717, 1.165) is 38.5 Å². The molecule has 10 heteroatoms. The lowest BCUT2D eigenvalue weighted by Gasteiger charge is -2.24. The van der Waals surface area contributed by atoms with E-state index in [4.69, 9.17) is 18.5 Å². The van der Waals surface area contributed by atoms with Gasteiger partial charge in [-0.05, 0) is 12.8 Å². The van der Waals surface area contributed by atoms with Gasteiger partial charge in [0.25, 0.3) is 0 Å². The maximum Gasteiger partial charge on any atom is 0.472 e. The molecule has 0 heterocycles. The molecule has 0 aliphatic rings. The maximum absolute atomic E-state index is 12.8. The molecular formula is C54H109NO8P+. The molecule has 0 aromatic rings. The van der Waals surface area contributed by atoms with Gasteiger partial charge in [0, 0.05) is 12.8 Å². The first-order valence-corrected chi connectivity index (χ1v) is 29.3. The van der Waals surface area contributed by atoms with Crippen molar-refractivity contribution in [3.05, 3.63) is 0 Å². The standard InChI is InChI=1S/C54H108NO8P/c1-6-8-10-12-14-16-18-19-20-21-22-23-24-25-26-27-28-29-30-31-32-33-34-35-37-39-41-43-45-47-54(57)63-52(51-62-64(58,59)61-49-48-55(3,4)5)50-60-53(56)46-44-42-40-38-36-17-15-13-11-9-7-2/h52H,6-51H2,1-5H3/p+1. The van der Waals surface area contributed by atoms with Crippen LogP contribution in [0, 0.1) is 0 Å². The van der Waals surface area contributed by atoms with E-state index < -0.39 is 26.5 Å². The maximum atomic E-state index is 12.8. The number of carbonyl (C=O) groups is 2. The topological polar surface area (TPSA) is 108 Å². The number of carbonyl (C=O) groups excluding carboxylic acids is 2. The summed E-state index contributed by atoms with van der Waals surface area (Å²) in [7, 11) is 1.50.